The Balaban J connectivity index is 2.28. The fourth-order valence-corrected chi connectivity index (χ4v) is 3.05. The molecule has 0 bridgehead atoms. The molecule has 0 aliphatic carbocycles. The highest BCUT2D eigenvalue weighted by molar-refractivity contribution is 7.85. The molecule has 0 aromatic heterocycles. The minimum atomic E-state index is -4.17. The maximum atomic E-state index is 11.3. The van der Waals surface area contributed by atoms with E-state index in [0.29, 0.717) is 6.54 Å². The van der Waals surface area contributed by atoms with Crippen LogP contribution in [0.25, 0.3) is 0 Å². The number of rotatable bonds is 7. The van der Waals surface area contributed by atoms with Gasteiger partial charge in [-0.25, -0.2) is 0 Å². The third kappa shape index (κ3) is 5.08. The zero-order chi connectivity index (χ0) is 16.9. The normalized spacial score (nSPS) is 11.4. The average molecular weight is 333 g/mol. The van der Waals surface area contributed by atoms with E-state index in [1.807, 2.05) is 12.1 Å². The van der Waals surface area contributed by atoms with Gasteiger partial charge in [-0.1, -0.05) is 37.6 Å². The lowest BCUT2D eigenvalue weighted by Gasteiger charge is -2.25. The van der Waals surface area contributed by atoms with Gasteiger partial charge in [-0.2, -0.15) is 8.42 Å². The summed E-state index contributed by atoms with van der Waals surface area (Å²) in [5.74, 6) is 0. The van der Waals surface area contributed by atoms with Crippen molar-refractivity contribution in [3.05, 3.63) is 59.7 Å². The Kier molecular flexibility index (Phi) is 5.80. The zero-order valence-electron chi connectivity index (χ0n) is 13.6. The number of hydrogen-bond acceptors (Lipinski definition) is 3. The first kappa shape index (κ1) is 17.5. The number of anilines is 1. The molecule has 0 atom stereocenters. The SMILES string of the molecule is CCCCN(Cc1cccc(S(=O)(=O)O)c1)c1cccc(C)c1. The summed E-state index contributed by atoms with van der Waals surface area (Å²) >= 11 is 0. The molecule has 0 amide bonds. The second-order valence-electron chi connectivity index (χ2n) is 5.74. The largest absolute Gasteiger partial charge is 0.367 e. The zero-order valence-corrected chi connectivity index (χ0v) is 14.4. The molecule has 124 valence electrons. The molecule has 2 rings (SSSR count). The van der Waals surface area contributed by atoms with E-state index in [0.717, 1.165) is 30.6 Å². The lowest BCUT2D eigenvalue weighted by molar-refractivity contribution is 0.483. The molecule has 0 saturated heterocycles. The number of nitrogens with zero attached hydrogens (tertiary/aromatic N) is 1. The average Bonchev–Trinajstić information content (AvgIpc) is 2.51. The molecule has 2 aromatic rings. The van der Waals surface area contributed by atoms with Crippen LogP contribution >= 0.6 is 0 Å². The molecule has 4 nitrogen and oxygen atoms in total. The summed E-state index contributed by atoms with van der Waals surface area (Å²) in [5, 5.41) is 0. The van der Waals surface area contributed by atoms with Crippen LogP contribution in [-0.2, 0) is 16.7 Å². The number of aryl methyl sites for hydroxylation is 1. The van der Waals surface area contributed by atoms with E-state index in [-0.39, 0.29) is 4.90 Å². The van der Waals surface area contributed by atoms with Gasteiger partial charge in [0.05, 0.1) is 4.90 Å². The highest BCUT2D eigenvalue weighted by atomic mass is 32.2. The van der Waals surface area contributed by atoms with E-state index < -0.39 is 10.1 Å². The second-order valence-corrected chi connectivity index (χ2v) is 7.16. The third-order valence-corrected chi connectivity index (χ3v) is 4.57. The highest BCUT2D eigenvalue weighted by Gasteiger charge is 2.12. The fraction of sp³-hybridized carbons (Fsp3) is 0.333. The summed E-state index contributed by atoms with van der Waals surface area (Å²) in [6.45, 7) is 5.71. The Hall–Kier alpha value is -1.85. The molecule has 0 heterocycles. The van der Waals surface area contributed by atoms with Crippen molar-refractivity contribution in [3.8, 4) is 0 Å². The van der Waals surface area contributed by atoms with Crippen LogP contribution in [0.4, 0.5) is 5.69 Å². The van der Waals surface area contributed by atoms with Gasteiger partial charge in [0.1, 0.15) is 0 Å². The van der Waals surface area contributed by atoms with Crippen molar-refractivity contribution >= 4 is 15.8 Å². The first-order valence-electron chi connectivity index (χ1n) is 7.78. The smallest absolute Gasteiger partial charge is 0.294 e. The molecule has 0 aliphatic rings. The van der Waals surface area contributed by atoms with Crippen LogP contribution in [0.15, 0.2) is 53.4 Å². The molecule has 23 heavy (non-hydrogen) atoms. The molecular formula is C18H23NO3S. The van der Waals surface area contributed by atoms with Crippen LogP contribution in [0.5, 0.6) is 0 Å². The van der Waals surface area contributed by atoms with Gasteiger partial charge in [-0.3, -0.25) is 4.55 Å². The number of benzene rings is 2. The van der Waals surface area contributed by atoms with Gasteiger partial charge in [-0.05, 0) is 48.7 Å². The van der Waals surface area contributed by atoms with Crippen LogP contribution in [0, 0.1) is 6.92 Å². The van der Waals surface area contributed by atoms with Crippen molar-refractivity contribution in [2.24, 2.45) is 0 Å². The minimum Gasteiger partial charge on any atom is -0.367 e. The predicted octanol–water partition coefficient (Wildman–Crippen LogP) is 4.05. The fourth-order valence-electron chi connectivity index (χ4n) is 2.50. The van der Waals surface area contributed by atoms with Crippen molar-refractivity contribution in [2.45, 2.75) is 38.1 Å². The van der Waals surface area contributed by atoms with Crippen LogP contribution in [0.3, 0.4) is 0 Å². The molecule has 2 aromatic carbocycles. The Morgan fingerprint density at radius 1 is 1.09 bits per heavy atom. The van der Waals surface area contributed by atoms with E-state index in [1.54, 1.807) is 6.07 Å². The van der Waals surface area contributed by atoms with Crippen LogP contribution in [-0.4, -0.2) is 19.5 Å². The van der Waals surface area contributed by atoms with Gasteiger partial charge in [-0.15, -0.1) is 0 Å². The van der Waals surface area contributed by atoms with E-state index in [2.05, 4.69) is 36.9 Å². The standard InChI is InChI=1S/C18H23NO3S/c1-3-4-11-19(17-9-5-7-15(2)12-17)14-16-8-6-10-18(13-16)23(20,21)22/h5-10,12-13H,3-4,11,14H2,1-2H3,(H,20,21,22). The van der Waals surface area contributed by atoms with Crippen LogP contribution in [0.2, 0.25) is 0 Å². The molecule has 0 spiro atoms. The quantitative estimate of drug-likeness (QED) is 0.777. The van der Waals surface area contributed by atoms with Crippen molar-refractivity contribution in [1.29, 1.82) is 0 Å². The van der Waals surface area contributed by atoms with E-state index in [1.165, 1.54) is 17.7 Å². The molecule has 0 radical (unpaired) electrons. The van der Waals surface area contributed by atoms with Crippen molar-refractivity contribution in [2.75, 3.05) is 11.4 Å². The topological polar surface area (TPSA) is 57.6 Å². The van der Waals surface area contributed by atoms with E-state index in [9.17, 15) is 13.0 Å². The monoisotopic (exact) mass is 333 g/mol. The Labute approximate surface area is 138 Å². The summed E-state index contributed by atoms with van der Waals surface area (Å²) in [6, 6.07) is 14.7. The van der Waals surface area contributed by atoms with Gasteiger partial charge >= 0.3 is 0 Å². The molecular weight excluding hydrogens is 310 g/mol. The molecule has 5 heteroatoms. The summed E-state index contributed by atoms with van der Waals surface area (Å²) < 4.78 is 31.8. The van der Waals surface area contributed by atoms with Gasteiger partial charge in [0, 0.05) is 18.8 Å². The molecule has 0 aliphatic heterocycles. The van der Waals surface area contributed by atoms with E-state index >= 15 is 0 Å². The summed E-state index contributed by atoms with van der Waals surface area (Å²) in [4.78, 5) is 2.18. The minimum absolute atomic E-state index is 0.0605. The second kappa shape index (κ2) is 7.62. The first-order valence-corrected chi connectivity index (χ1v) is 9.22. The van der Waals surface area contributed by atoms with Crippen molar-refractivity contribution in [1.82, 2.24) is 0 Å². The maximum Gasteiger partial charge on any atom is 0.294 e. The van der Waals surface area contributed by atoms with Gasteiger partial charge < -0.3 is 4.90 Å². The van der Waals surface area contributed by atoms with E-state index in [4.69, 9.17) is 0 Å². The first-order chi connectivity index (χ1) is 10.9. The highest BCUT2D eigenvalue weighted by Crippen LogP contribution is 2.21. The summed E-state index contributed by atoms with van der Waals surface area (Å²) in [5.41, 5.74) is 3.17. The molecule has 0 saturated carbocycles. The molecule has 1 N–H and O–H groups in total. The van der Waals surface area contributed by atoms with Gasteiger partial charge in [0.2, 0.25) is 0 Å². The summed E-state index contributed by atoms with van der Waals surface area (Å²) in [6.07, 6.45) is 2.15. The Bertz CT molecular complexity index is 756. The van der Waals surface area contributed by atoms with Gasteiger partial charge in [0.25, 0.3) is 10.1 Å². The Morgan fingerprint density at radius 3 is 2.48 bits per heavy atom. The van der Waals surface area contributed by atoms with Crippen molar-refractivity contribution in [3.63, 3.8) is 0 Å². The predicted molar refractivity (Wildman–Crippen MR) is 93.4 cm³/mol. The lowest BCUT2D eigenvalue weighted by Crippen LogP contribution is -2.24. The Morgan fingerprint density at radius 2 is 1.83 bits per heavy atom. The van der Waals surface area contributed by atoms with Crippen molar-refractivity contribution < 1.29 is 13.0 Å². The lowest BCUT2D eigenvalue weighted by atomic mass is 10.1. The van der Waals surface area contributed by atoms with Gasteiger partial charge in [0.15, 0.2) is 0 Å². The van der Waals surface area contributed by atoms with Crippen LogP contribution in [0.1, 0.15) is 30.9 Å². The molecule has 0 unspecified atom stereocenters. The maximum absolute atomic E-state index is 11.3. The number of hydrogen-bond donors (Lipinski definition) is 1. The van der Waals surface area contributed by atoms with Crippen LogP contribution < -0.4 is 4.90 Å². The number of unbranched alkanes of at least 4 members (excludes halogenated alkanes) is 1. The third-order valence-electron chi connectivity index (χ3n) is 3.72. The summed E-state index contributed by atoms with van der Waals surface area (Å²) in [7, 11) is -4.17. The molecule has 0 fully saturated rings.